The van der Waals surface area contributed by atoms with Gasteiger partial charge in [-0.25, -0.2) is 4.79 Å². The van der Waals surface area contributed by atoms with Gasteiger partial charge < -0.3 is 72.8 Å². The molecule has 2 rings (SSSR count). The Hall–Kier alpha value is -7.22. The van der Waals surface area contributed by atoms with Crippen LogP contribution in [0.2, 0.25) is 0 Å². The second-order valence-corrected chi connectivity index (χ2v) is 21.9. The molecule has 1 aromatic rings. The first-order valence-electron chi connectivity index (χ1n) is 29.6. The van der Waals surface area contributed by atoms with Gasteiger partial charge in [0.1, 0.15) is 36.0 Å². The minimum Gasteiger partial charge on any atom is -0.481 e. The molecule has 4 unspecified atom stereocenters. The number of benzene rings is 1. The van der Waals surface area contributed by atoms with E-state index in [4.69, 9.17) is 4.74 Å². The van der Waals surface area contributed by atoms with Crippen LogP contribution in [0, 0.1) is 18.8 Å². The van der Waals surface area contributed by atoms with Gasteiger partial charge in [0.05, 0.1) is 51.4 Å². The number of carbonyl (C=O) groups excluding carboxylic acids is 11. The van der Waals surface area contributed by atoms with E-state index in [0.29, 0.717) is 19.3 Å². The monoisotopic (exact) mass is 1190 g/mol. The first-order chi connectivity index (χ1) is 39.9. The van der Waals surface area contributed by atoms with E-state index in [-0.39, 0.29) is 37.5 Å². The third kappa shape index (κ3) is 29.3. The molecule has 12 N–H and O–H groups in total. The second-order valence-electron chi connectivity index (χ2n) is 21.9. The molecule has 0 spiro atoms. The van der Waals surface area contributed by atoms with Crippen LogP contribution in [-0.4, -0.2) is 173 Å². The summed E-state index contributed by atoms with van der Waals surface area (Å²) in [5.74, 6) is -10.7. The number of aliphatic carboxylic acids is 1. The number of aliphatic hydroxyl groups is 2. The van der Waals surface area contributed by atoms with Gasteiger partial charge in [0.2, 0.25) is 59.1 Å². The number of ether oxygens (including phenoxy) is 1. The van der Waals surface area contributed by atoms with Crippen LogP contribution in [0.25, 0.3) is 0 Å². The van der Waals surface area contributed by atoms with Crippen molar-refractivity contribution in [2.75, 3.05) is 39.3 Å². The Morgan fingerprint density at radius 1 is 0.583 bits per heavy atom. The van der Waals surface area contributed by atoms with Crippen LogP contribution in [-0.2, 0) is 57.5 Å². The Kier molecular flexibility index (Phi) is 34.8. The highest BCUT2D eigenvalue weighted by molar-refractivity contribution is 5.97. The summed E-state index contributed by atoms with van der Waals surface area (Å²) in [5, 5.41) is 51.5. The van der Waals surface area contributed by atoms with E-state index in [1.807, 2.05) is 13.8 Å². The fraction of sp³-hybridized carbons (Fsp3) is 0.690. The Bertz CT molecular complexity index is 2320. The zero-order valence-electron chi connectivity index (χ0n) is 50.1. The van der Waals surface area contributed by atoms with Crippen molar-refractivity contribution in [1.82, 2.24) is 52.8 Å². The van der Waals surface area contributed by atoms with E-state index in [9.17, 15) is 72.9 Å². The maximum atomic E-state index is 14.0. The predicted molar refractivity (Wildman–Crippen MR) is 309 cm³/mol. The Morgan fingerprint density at radius 3 is 1.60 bits per heavy atom. The number of hydrogen-bond acceptors (Lipinski definition) is 15. The van der Waals surface area contributed by atoms with E-state index in [1.165, 1.54) is 56.8 Å². The molecule has 1 aliphatic heterocycles. The van der Waals surface area contributed by atoms with E-state index in [0.717, 1.165) is 31.2 Å². The van der Waals surface area contributed by atoms with Crippen molar-refractivity contribution >= 4 is 71.0 Å². The lowest BCUT2D eigenvalue weighted by Gasteiger charge is -2.31. The van der Waals surface area contributed by atoms with Crippen LogP contribution in [0.5, 0.6) is 5.75 Å². The topological polar surface area (TPSA) is 386 Å². The lowest BCUT2D eigenvalue weighted by atomic mass is 9.99. The number of hydrogen-bond donors (Lipinski definition) is 12. The highest BCUT2D eigenvalue weighted by Crippen LogP contribution is 2.22. The molecule has 1 aromatic carbocycles. The highest BCUT2D eigenvalue weighted by Gasteiger charge is 2.40. The average Bonchev–Trinajstić information content (AvgIpc) is 4.11. The number of rotatable bonds is 41. The highest BCUT2D eigenvalue weighted by atomic mass is 16.5. The van der Waals surface area contributed by atoms with Gasteiger partial charge in [0, 0.05) is 13.0 Å². The zero-order valence-corrected chi connectivity index (χ0v) is 50.1. The van der Waals surface area contributed by atoms with Crippen LogP contribution in [0.15, 0.2) is 24.3 Å². The van der Waals surface area contributed by atoms with E-state index < -0.39 is 158 Å². The van der Waals surface area contributed by atoms with Crippen LogP contribution in [0.4, 0.5) is 0 Å². The number of esters is 1. The van der Waals surface area contributed by atoms with Gasteiger partial charge in [-0.15, -0.1) is 0 Å². The molecule has 0 radical (unpaired) electrons. The Morgan fingerprint density at radius 2 is 1.07 bits per heavy atom. The minimum atomic E-state index is -1.61. The third-order valence-electron chi connectivity index (χ3n) is 14.2. The van der Waals surface area contributed by atoms with Crippen molar-refractivity contribution in [2.24, 2.45) is 11.8 Å². The molecule has 26 nitrogen and oxygen atoms in total. The van der Waals surface area contributed by atoms with Gasteiger partial charge >= 0.3 is 11.9 Å². The number of likely N-dealkylation sites (tertiary alicyclic amines) is 1. The summed E-state index contributed by atoms with van der Waals surface area (Å²) in [4.78, 5) is 156. The fourth-order valence-corrected chi connectivity index (χ4v) is 9.00. The van der Waals surface area contributed by atoms with Crippen molar-refractivity contribution in [3.63, 3.8) is 0 Å². The standard InChI is InChI=1S/C58H94N10O16/c1-8-10-11-12-13-14-15-16-17-18-19-21-40(70)30-44(71)59-31-45(72)60-32-46(73)61-33-47(74)67-53(39(7)69)56(81)63-35-48(75)65-51(36(3)4)57(82)68-29-20-22-43(68)55(80)64-42(27-28-50(77)78)54(79)62-34-49(76)66-52(38(6)9-2)58(83)84-41-25-23-37(5)24-26-41/h23-26,36,38-40,42-43,51-53,69-70H,8-22,27-35H2,1-7H3,(H,59,71)(H,60,72)(H,61,73)(H,62,79)(H,63,81)(H,64,80)(H,65,75)(H,66,76)(H,67,74)(H,77,78)/t38?,39?,40?,42-,43?,51-,52-,53-/m0/s1. The lowest BCUT2D eigenvalue weighted by molar-refractivity contribution is -0.143. The fourth-order valence-electron chi connectivity index (χ4n) is 9.00. The molecule has 472 valence electrons. The minimum absolute atomic E-state index is 0.0686. The van der Waals surface area contributed by atoms with Crippen molar-refractivity contribution in [1.29, 1.82) is 0 Å². The summed E-state index contributed by atoms with van der Waals surface area (Å²) in [5.41, 5.74) is 0.942. The average molecular weight is 1190 g/mol. The number of nitrogens with zero attached hydrogens (tertiary/aromatic N) is 1. The van der Waals surface area contributed by atoms with Crippen LogP contribution in [0.1, 0.15) is 163 Å². The van der Waals surface area contributed by atoms with E-state index >= 15 is 0 Å². The smallest absolute Gasteiger partial charge is 0.334 e. The molecule has 0 aromatic heterocycles. The van der Waals surface area contributed by atoms with Gasteiger partial charge in [-0.1, -0.05) is 129 Å². The largest absolute Gasteiger partial charge is 0.481 e. The molecule has 8 atom stereocenters. The molecule has 26 heteroatoms. The maximum Gasteiger partial charge on any atom is 0.334 e. The van der Waals surface area contributed by atoms with Crippen molar-refractivity contribution in [3.8, 4) is 5.75 Å². The normalized spacial score (nSPS) is 15.4. The molecular formula is C58H94N10O16. The molecule has 0 aliphatic carbocycles. The molecule has 0 bridgehead atoms. The zero-order chi connectivity index (χ0) is 62.7. The molecule has 84 heavy (non-hydrogen) atoms. The number of aliphatic hydroxyl groups excluding tert-OH is 2. The van der Waals surface area contributed by atoms with Crippen molar-refractivity contribution in [3.05, 3.63) is 29.8 Å². The number of carboxylic acid groups (broad SMARTS) is 1. The van der Waals surface area contributed by atoms with Crippen LogP contribution < -0.4 is 52.6 Å². The van der Waals surface area contributed by atoms with Gasteiger partial charge in [-0.05, 0) is 63.5 Å². The number of aryl methyl sites for hydroxylation is 1. The van der Waals surface area contributed by atoms with Gasteiger partial charge in [0.25, 0.3) is 0 Å². The first kappa shape index (κ1) is 72.9. The SMILES string of the molecule is CCCCCCCCCCCCCC(O)CC(=O)NCC(=O)NCC(=O)NCC(=O)N[C@H](C(=O)NCC(=O)N[C@H](C(=O)N1CCCC1C(=O)N[C@@H](CCC(=O)O)C(=O)NCC(=O)N[C@H](C(=O)Oc1ccc(C)cc1)C(C)CC)C(C)C)C(C)O. The summed E-state index contributed by atoms with van der Waals surface area (Å²) in [7, 11) is 0. The van der Waals surface area contributed by atoms with E-state index in [2.05, 4.69) is 54.8 Å². The van der Waals surface area contributed by atoms with Gasteiger partial charge in [0.15, 0.2) is 0 Å². The maximum absolute atomic E-state index is 14.0. The van der Waals surface area contributed by atoms with Crippen LogP contribution in [0.3, 0.4) is 0 Å². The van der Waals surface area contributed by atoms with Gasteiger partial charge in [-0.3, -0.25) is 52.7 Å². The van der Waals surface area contributed by atoms with E-state index in [1.54, 1.807) is 45.0 Å². The summed E-state index contributed by atoms with van der Waals surface area (Å²) < 4.78 is 5.48. The van der Waals surface area contributed by atoms with Crippen molar-refractivity contribution in [2.45, 2.75) is 206 Å². The third-order valence-corrected chi connectivity index (χ3v) is 14.2. The number of carbonyl (C=O) groups is 12. The number of carboxylic acids is 1. The van der Waals surface area contributed by atoms with Gasteiger partial charge in [-0.2, -0.15) is 0 Å². The molecule has 1 aliphatic rings. The molecule has 10 amide bonds. The number of amides is 10. The second kappa shape index (κ2) is 40.1. The summed E-state index contributed by atoms with van der Waals surface area (Å²) in [6, 6.07) is 0.146. The van der Waals surface area contributed by atoms with Crippen molar-refractivity contribution < 1.29 is 77.6 Å². The predicted octanol–water partition coefficient (Wildman–Crippen LogP) is 0.811. The molecular weight excluding hydrogens is 1090 g/mol. The molecule has 1 heterocycles. The molecule has 0 saturated carbocycles. The number of nitrogens with one attached hydrogen (secondary N) is 9. The molecule has 1 saturated heterocycles. The molecule has 1 fully saturated rings. The summed E-state index contributed by atoms with van der Waals surface area (Å²) in [6.45, 7) is 9.01. The van der Waals surface area contributed by atoms with Crippen LogP contribution >= 0.6 is 0 Å². The quantitative estimate of drug-likeness (QED) is 0.0245. The summed E-state index contributed by atoms with van der Waals surface area (Å²) >= 11 is 0. The Labute approximate surface area is 493 Å². The summed E-state index contributed by atoms with van der Waals surface area (Å²) in [6.07, 6.45) is 10.7. The number of unbranched alkanes of at least 4 members (excludes halogenated alkanes) is 10. The Balaban J connectivity index is 1.85. The lowest BCUT2D eigenvalue weighted by Crippen LogP contribution is -2.59. The first-order valence-corrected chi connectivity index (χ1v) is 29.6.